The first-order chi connectivity index (χ1) is 15.6. The number of aryl methyl sites for hydroxylation is 1. The number of rotatable bonds is 9. The van der Waals surface area contributed by atoms with E-state index >= 15 is 0 Å². The van der Waals surface area contributed by atoms with Gasteiger partial charge in [-0.3, -0.25) is 9.59 Å². The third-order valence-electron chi connectivity index (χ3n) is 6.03. The molecule has 33 heavy (non-hydrogen) atoms. The summed E-state index contributed by atoms with van der Waals surface area (Å²) in [6, 6.07) is 7.21. The highest BCUT2D eigenvalue weighted by molar-refractivity contribution is 5.94. The second kappa shape index (κ2) is 10.8. The number of piperidine rings is 1. The number of ether oxygens (including phenoxy) is 1. The van der Waals surface area contributed by atoms with Gasteiger partial charge in [0.2, 0.25) is 5.91 Å². The summed E-state index contributed by atoms with van der Waals surface area (Å²) in [6.45, 7) is 7.43. The van der Waals surface area contributed by atoms with Gasteiger partial charge in [-0.2, -0.15) is 0 Å². The molecule has 0 aliphatic carbocycles. The maximum Gasteiger partial charge on any atom is 0.253 e. The standard InChI is InChI=1S/C25H37N5O3/c1-25(2,18-28(3)4)17-27-23(31)19-10-13-30(14-11-19)24(32)20-6-8-21(9-7-20)33-16-22-26-12-15-29(22)5/h6-9,12,15,19H,10-11,13-14,16-18H2,1-5H3,(H,27,31). The molecule has 2 heterocycles. The van der Waals surface area contributed by atoms with E-state index in [1.807, 2.05) is 48.9 Å². The zero-order chi connectivity index (χ0) is 24.0. The molecule has 1 aliphatic heterocycles. The topological polar surface area (TPSA) is 79.7 Å². The van der Waals surface area contributed by atoms with Crippen molar-refractivity contribution in [3.05, 3.63) is 48.0 Å². The first-order valence-corrected chi connectivity index (χ1v) is 11.6. The Balaban J connectivity index is 1.45. The van der Waals surface area contributed by atoms with Crippen molar-refractivity contribution in [2.45, 2.75) is 33.3 Å². The number of amides is 2. The van der Waals surface area contributed by atoms with Crippen LogP contribution in [-0.2, 0) is 18.4 Å². The van der Waals surface area contributed by atoms with E-state index in [-0.39, 0.29) is 23.1 Å². The molecule has 1 aliphatic rings. The lowest BCUT2D eigenvalue weighted by Crippen LogP contribution is -2.46. The van der Waals surface area contributed by atoms with Crippen molar-refractivity contribution in [1.82, 2.24) is 24.7 Å². The molecule has 1 fully saturated rings. The summed E-state index contributed by atoms with van der Waals surface area (Å²) in [5, 5.41) is 3.12. The Labute approximate surface area is 196 Å². The van der Waals surface area contributed by atoms with Crippen LogP contribution in [0.1, 0.15) is 42.9 Å². The van der Waals surface area contributed by atoms with Crippen LogP contribution < -0.4 is 10.1 Å². The number of aromatic nitrogens is 2. The van der Waals surface area contributed by atoms with Crippen molar-refractivity contribution in [3.63, 3.8) is 0 Å². The number of carbonyl (C=O) groups is 2. The maximum atomic E-state index is 12.9. The van der Waals surface area contributed by atoms with Gasteiger partial charge in [0.05, 0.1) is 0 Å². The Bertz CT molecular complexity index is 928. The monoisotopic (exact) mass is 455 g/mol. The van der Waals surface area contributed by atoms with Crippen LogP contribution in [0.25, 0.3) is 0 Å². The van der Waals surface area contributed by atoms with Gasteiger partial charge in [0.1, 0.15) is 18.2 Å². The molecular weight excluding hydrogens is 418 g/mol. The van der Waals surface area contributed by atoms with E-state index < -0.39 is 0 Å². The summed E-state index contributed by atoms with van der Waals surface area (Å²) in [4.78, 5) is 33.7. The smallest absolute Gasteiger partial charge is 0.253 e. The van der Waals surface area contributed by atoms with Crippen LogP contribution in [0.4, 0.5) is 0 Å². The predicted molar refractivity (Wildman–Crippen MR) is 128 cm³/mol. The Morgan fingerprint density at radius 2 is 1.85 bits per heavy atom. The Morgan fingerprint density at radius 1 is 1.18 bits per heavy atom. The fraction of sp³-hybridized carbons (Fsp3) is 0.560. The van der Waals surface area contributed by atoms with Crippen LogP contribution >= 0.6 is 0 Å². The quantitative estimate of drug-likeness (QED) is 0.629. The van der Waals surface area contributed by atoms with Gasteiger partial charge < -0.3 is 24.4 Å². The molecule has 8 nitrogen and oxygen atoms in total. The molecule has 0 unspecified atom stereocenters. The minimum Gasteiger partial charge on any atom is -0.486 e. The van der Waals surface area contributed by atoms with Crippen LogP contribution in [0.5, 0.6) is 5.75 Å². The van der Waals surface area contributed by atoms with E-state index in [1.165, 1.54) is 0 Å². The second-order valence-corrected chi connectivity index (χ2v) is 9.95. The number of nitrogens with one attached hydrogen (secondary N) is 1. The van der Waals surface area contributed by atoms with E-state index in [1.54, 1.807) is 18.3 Å². The van der Waals surface area contributed by atoms with Crippen molar-refractivity contribution in [3.8, 4) is 5.75 Å². The normalized spacial score (nSPS) is 15.0. The number of likely N-dealkylation sites (tertiary alicyclic amines) is 1. The van der Waals surface area contributed by atoms with Crippen LogP contribution in [0.2, 0.25) is 0 Å². The molecule has 0 saturated carbocycles. The fourth-order valence-corrected chi connectivity index (χ4v) is 4.29. The number of hydrogen-bond acceptors (Lipinski definition) is 5. The summed E-state index contributed by atoms with van der Waals surface area (Å²) in [5.41, 5.74) is 0.649. The Morgan fingerprint density at radius 3 is 2.42 bits per heavy atom. The van der Waals surface area contributed by atoms with Gasteiger partial charge in [0.15, 0.2) is 0 Å². The Hall–Kier alpha value is -2.87. The van der Waals surface area contributed by atoms with Crippen molar-refractivity contribution < 1.29 is 14.3 Å². The lowest BCUT2D eigenvalue weighted by Gasteiger charge is -2.33. The molecule has 0 radical (unpaired) electrons. The molecule has 0 atom stereocenters. The molecule has 2 aromatic rings. The van der Waals surface area contributed by atoms with Gasteiger partial charge in [0.25, 0.3) is 5.91 Å². The van der Waals surface area contributed by atoms with E-state index in [0.29, 0.717) is 50.4 Å². The number of benzene rings is 1. The molecule has 1 aromatic carbocycles. The van der Waals surface area contributed by atoms with Crippen molar-refractivity contribution in [2.75, 3.05) is 40.3 Å². The van der Waals surface area contributed by atoms with E-state index in [0.717, 1.165) is 12.4 Å². The summed E-state index contributed by atoms with van der Waals surface area (Å²) < 4.78 is 7.67. The number of carbonyl (C=O) groups excluding carboxylic acids is 2. The van der Waals surface area contributed by atoms with E-state index in [2.05, 4.69) is 29.0 Å². The van der Waals surface area contributed by atoms with Gasteiger partial charge in [0, 0.05) is 57.1 Å². The number of hydrogen-bond donors (Lipinski definition) is 1. The minimum absolute atomic E-state index is 0.00312. The third-order valence-corrected chi connectivity index (χ3v) is 6.03. The third kappa shape index (κ3) is 7.05. The highest BCUT2D eigenvalue weighted by atomic mass is 16.5. The summed E-state index contributed by atoms with van der Waals surface area (Å²) >= 11 is 0. The first kappa shape index (κ1) is 24.8. The van der Waals surface area contributed by atoms with E-state index in [4.69, 9.17) is 4.74 Å². The van der Waals surface area contributed by atoms with Crippen LogP contribution in [0.15, 0.2) is 36.7 Å². The Kier molecular flexibility index (Phi) is 8.13. The molecule has 0 spiro atoms. The van der Waals surface area contributed by atoms with Gasteiger partial charge in [-0.1, -0.05) is 13.8 Å². The van der Waals surface area contributed by atoms with Crippen molar-refractivity contribution in [1.29, 1.82) is 0 Å². The predicted octanol–water partition coefficient (Wildman–Crippen LogP) is 2.56. The van der Waals surface area contributed by atoms with Crippen LogP contribution in [0, 0.1) is 11.3 Å². The average molecular weight is 456 g/mol. The van der Waals surface area contributed by atoms with Crippen molar-refractivity contribution in [2.24, 2.45) is 18.4 Å². The van der Waals surface area contributed by atoms with Gasteiger partial charge in [-0.15, -0.1) is 0 Å². The number of imidazole rings is 1. The molecule has 3 rings (SSSR count). The number of nitrogens with zero attached hydrogens (tertiary/aromatic N) is 4. The van der Waals surface area contributed by atoms with Crippen molar-refractivity contribution >= 4 is 11.8 Å². The molecule has 1 aromatic heterocycles. The molecule has 1 N–H and O–H groups in total. The summed E-state index contributed by atoms with van der Waals surface area (Å²) in [7, 11) is 6.00. The summed E-state index contributed by atoms with van der Waals surface area (Å²) in [5.74, 6) is 1.59. The van der Waals surface area contributed by atoms with Gasteiger partial charge in [-0.25, -0.2) is 4.98 Å². The van der Waals surface area contributed by atoms with Crippen LogP contribution in [-0.4, -0.2) is 71.4 Å². The van der Waals surface area contributed by atoms with E-state index in [9.17, 15) is 9.59 Å². The molecule has 1 saturated heterocycles. The molecule has 0 bridgehead atoms. The molecule has 180 valence electrons. The molecule has 2 amide bonds. The van der Waals surface area contributed by atoms with Crippen LogP contribution in [0.3, 0.4) is 0 Å². The molecular formula is C25H37N5O3. The minimum atomic E-state index is -0.0360. The average Bonchev–Trinajstić information content (AvgIpc) is 3.20. The highest BCUT2D eigenvalue weighted by Gasteiger charge is 2.29. The lowest BCUT2D eigenvalue weighted by molar-refractivity contribution is -0.126. The second-order valence-electron chi connectivity index (χ2n) is 9.95. The summed E-state index contributed by atoms with van der Waals surface area (Å²) in [6.07, 6.45) is 4.99. The lowest BCUT2D eigenvalue weighted by atomic mass is 9.91. The van der Waals surface area contributed by atoms with Gasteiger partial charge in [-0.05, 0) is 56.6 Å². The zero-order valence-electron chi connectivity index (χ0n) is 20.5. The van der Waals surface area contributed by atoms with Gasteiger partial charge >= 0.3 is 0 Å². The maximum absolute atomic E-state index is 12.9. The highest BCUT2D eigenvalue weighted by Crippen LogP contribution is 2.22. The first-order valence-electron chi connectivity index (χ1n) is 11.6. The largest absolute Gasteiger partial charge is 0.486 e. The fourth-order valence-electron chi connectivity index (χ4n) is 4.29. The zero-order valence-corrected chi connectivity index (χ0v) is 20.5. The molecule has 8 heteroatoms. The SMILES string of the molecule is CN(C)CC(C)(C)CNC(=O)C1CCN(C(=O)c2ccc(OCc3nccn3C)cc2)CC1.